The van der Waals surface area contributed by atoms with Crippen LogP contribution in [0.5, 0.6) is 11.5 Å². The lowest BCUT2D eigenvalue weighted by molar-refractivity contribution is 0.0618. The molecule has 1 aliphatic carbocycles. The Labute approximate surface area is 188 Å². The van der Waals surface area contributed by atoms with Crippen LogP contribution >= 0.6 is 0 Å². The second-order valence-corrected chi connectivity index (χ2v) is 9.11. The highest BCUT2D eigenvalue weighted by atomic mass is 16.4. The zero-order valence-electron chi connectivity index (χ0n) is 18.0. The van der Waals surface area contributed by atoms with Crippen molar-refractivity contribution < 1.29 is 29.0 Å². The second kappa shape index (κ2) is 6.92. The van der Waals surface area contributed by atoms with Gasteiger partial charge in [-0.2, -0.15) is 0 Å². The third kappa shape index (κ3) is 2.70. The van der Waals surface area contributed by atoms with Gasteiger partial charge in [-0.1, -0.05) is 24.3 Å². The molecule has 0 spiro atoms. The van der Waals surface area contributed by atoms with E-state index in [0.29, 0.717) is 5.92 Å². The van der Waals surface area contributed by atoms with Crippen molar-refractivity contribution >= 4 is 28.2 Å². The fourth-order valence-electron chi connectivity index (χ4n) is 5.65. The molecule has 3 aromatic rings. The Morgan fingerprint density at radius 3 is 2.18 bits per heavy atom. The molecule has 8 nitrogen and oxygen atoms in total. The van der Waals surface area contributed by atoms with Crippen LogP contribution in [0, 0.1) is 12.8 Å². The van der Waals surface area contributed by atoms with Gasteiger partial charge in [-0.05, 0) is 38.8 Å². The third-order valence-corrected chi connectivity index (χ3v) is 7.33. The number of carbonyl (C=O) groups excluding carboxylic acids is 3. The summed E-state index contributed by atoms with van der Waals surface area (Å²) in [5.41, 5.74) is -0.755. The molecule has 0 saturated carbocycles. The molecule has 3 fully saturated rings. The Hall–Kier alpha value is -3.65. The van der Waals surface area contributed by atoms with E-state index in [2.05, 4.69) is 10.2 Å². The number of phenolic OH excluding ortho intramolecular Hbond substituents is 2. The Bertz CT molecular complexity index is 1380. The summed E-state index contributed by atoms with van der Waals surface area (Å²) in [5, 5.41) is 25.2. The van der Waals surface area contributed by atoms with Crippen LogP contribution in [0.3, 0.4) is 0 Å². The molecule has 168 valence electrons. The average molecular weight is 446 g/mol. The van der Waals surface area contributed by atoms with Gasteiger partial charge in [0.2, 0.25) is 11.6 Å². The normalized spacial score (nSPS) is 23.5. The van der Waals surface area contributed by atoms with Crippen molar-refractivity contribution in [1.82, 2.24) is 10.2 Å². The van der Waals surface area contributed by atoms with E-state index in [4.69, 9.17) is 4.42 Å². The van der Waals surface area contributed by atoms with Gasteiger partial charge in [-0.15, -0.1) is 0 Å². The maximum Gasteiger partial charge on any atom is 0.255 e. The Morgan fingerprint density at radius 2 is 1.61 bits per heavy atom. The van der Waals surface area contributed by atoms with E-state index in [9.17, 15) is 24.6 Å². The van der Waals surface area contributed by atoms with Crippen LogP contribution in [0.15, 0.2) is 28.7 Å². The number of fused-ring (bicyclic) bond motifs is 6. The van der Waals surface area contributed by atoms with Crippen LogP contribution in [-0.4, -0.2) is 58.3 Å². The summed E-state index contributed by atoms with van der Waals surface area (Å²) in [6.45, 7) is 4.34. The molecule has 3 N–H and O–H groups in total. The van der Waals surface area contributed by atoms with Crippen molar-refractivity contribution in [3.8, 4) is 11.5 Å². The third-order valence-electron chi connectivity index (χ3n) is 7.33. The maximum atomic E-state index is 13.6. The number of ketones is 2. The molecule has 3 saturated heterocycles. The number of aromatic hydroxyl groups is 2. The number of hydrogen-bond acceptors (Lipinski definition) is 7. The molecule has 1 atom stereocenters. The van der Waals surface area contributed by atoms with E-state index >= 15 is 0 Å². The molecule has 33 heavy (non-hydrogen) atoms. The first-order chi connectivity index (χ1) is 15.9. The first kappa shape index (κ1) is 20.0. The molecule has 1 aromatic heterocycles. The minimum atomic E-state index is -0.733. The van der Waals surface area contributed by atoms with Gasteiger partial charge in [-0.25, -0.2) is 0 Å². The second-order valence-electron chi connectivity index (χ2n) is 9.11. The number of benzene rings is 2. The van der Waals surface area contributed by atoms with Gasteiger partial charge in [0, 0.05) is 23.4 Å². The van der Waals surface area contributed by atoms with Crippen molar-refractivity contribution in [2.45, 2.75) is 25.8 Å². The summed E-state index contributed by atoms with van der Waals surface area (Å²) in [6, 6.07) is 6.39. The van der Waals surface area contributed by atoms with Crippen LogP contribution in [0.4, 0.5) is 0 Å². The van der Waals surface area contributed by atoms with E-state index in [0.717, 1.165) is 32.5 Å². The molecule has 4 heterocycles. The maximum absolute atomic E-state index is 13.6. The molecule has 7 rings (SSSR count). The predicted molar refractivity (Wildman–Crippen MR) is 118 cm³/mol. The van der Waals surface area contributed by atoms with Crippen LogP contribution in [0.1, 0.15) is 61.0 Å². The molecule has 2 bridgehead atoms. The highest BCUT2D eigenvalue weighted by Gasteiger charge is 2.43. The van der Waals surface area contributed by atoms with Gasteiger partial charge in [0.15, 0.2) is 5.76 Å². The molecule has 2 aromatic carbocycles. The minimum absolute atomic E-state index is 0.0116. The highest BCUT2D eigenvalue weighted by molar-refractivity contribution is 6.33. The number of phenols is 2. The van der Waals surface area contributed by atoms with E-state index in [1.807, 2.05) is 0 Å². The van der Waals surface area contributed by atoms with Crippen LogP contribution in [0.2, 0.25) is 0 Å². The molecular formula is C25H22N2O6. The Kier molecular flexibility index (Phi) is 4.19. The number of rotatable bonds is 2. The smallest absolute Gasteiger partial charge is 0.255 e. The number of amides is 1. The van der Waals surface area contributed by atoms with E-state index in [-0.39, 0.29) is 50.6 Å². The van der Waals surface area contributed by atoms with Crippen molar-refractivity contribution in [3.63, 3.8) is 0 Å². The van der Waals surface area contributed by atoms with Crippen molar-refractivity contribution in [2.75, 3.05) is 19.6 Å². The number of carbonyl (C=O) groups is 3. The highest BCUT2D eigenvalue weighted by Crippen LogP contribution is 2.45. The monoisotopic (exact) mass is 446 g/mol. The molecule has 4 aliphatic rings. The molecule has 1 amide bonds. The van der Waals surface area contributed by atoms with Gasteiger partial charge < -0.3 is 24.8 Å². The largest absolute Gasteiger partial charge is 0.506 e. The van der Waals surface area contributed by atoms with Crippen molar-refractivity contribution in [2.24, 2.45) is 5.92 Å². The van der Waals surface area contributed by atoms with Crippen LogP contribution in [0.25, 0.3) is 10.8 Å². The zero-order chi connectivity index (χ0) is 23.0. The summed E-state index contributed by atoms with van der Waals surface area (Å²) < 4.78 is 5.62. The Balaban J connectivity index is 1.46. The quantitative estimate of drug-likeness (QED) is 0.405. The minimum Gasteiger partial charge on any atom is -0.506 e. The summed E-state index contributed by atoms with van der Waals surface area (Å²) >= 11 is 0. The van der Waals surface area contributed by atoms with E-state index in [1.54, 1.807) is 24.3 Å². The number of hydrogen-bond donors (Lipinski definition) is 3. The van der Waals surface area contributed by atoms with Crippen LogP contribution in [-0.2, 0) is 0 Å². The standard InChI is InChI=1S/C25H22N2O6/c1-11-16(25(32)26-15-10-27-8-6-12(15)7-9-27)19-22(30)17-18(23(31)24(19)33-11)21(29)14-5-3-2-4-13(14)20(17)28/h2-5,12,15,28-29H,6-10H2,1H3,(H,26,32). The zero-order valence-corrected chi connectivity index (χ0v) is 18.0. The summed E-state index contributed by atoms with van der Waals surface area (Å²) in [7, 11) is 0. The van der Waals surface area contributed by atoms with Gasteiger partial charge >= 0.3 is 0 Å². The van der Waals surface area contributed by atoms with Gasteiger partial charge in [0.25, 0.3) is 5.91 Å². The van der Waals surface area contributed by atoms with E-state index < -0.39 is 29.0 Å². The Morgan fingerprint density at radius 1 is 1.00 bits per heavy atom. The van der Waals surface area contributed by atoms with Gasteiger partial charge in [0.1, 0.15) is 17.3 Å². The van der Waals surface area contributed by atoms with E-state index in [1.165, 1.54) is 6.92 Å². The van der Waals surface area contributed by atoms with Crippen molar-refractivity contribution in [3.05, 3.63) is 58.0 Å². The lowest BCUT2D eigenvalue weighted by atomic mass is 9.82. The van der Waals surface area contributed by atoms with Crippen LogP contribution < -0.4 is 5.32 Å². The number of piperidine rings is 3. The van der Waals surface area contributed by atoms with Gasteiger partial charge in [0.05, 0.1) is 22.3 Å². The molecule has 0 radical (unpaired) electrons. The van der Waals surface area contributed by atoms with Crippen molar-refractivity contribution in [1.29, 1.82) is 0 Å². The van der Waals surface area contributed by atoms with Gasteiger partial charge in [-0.3, -0.25) is 14.4 Å². The number of aryl methyl sites for hydroxylation is 1. The number of nitrogens with zero attached hydrogens (tertiary/aromatic N) is 1. The molecular weight excluding hydrogens is 424 g/mol. The molecule has 3 aliphatic heterocycles. The first-order valence-corrected chi connectivity index (χ1v) is 11.1. The fourth-order valence-corrected chi connectivity index (χ4v) is 5.65. The molecule has 8 heteroatoms. The first-order valence-electron chi connectivity index (χ1n) is 11.1. The predicted octanol–water partition coefficient (Wildman–Crippen LogP) is 2.75. The number of nitrogens with one attached hydrogen (secondary N) is 1. The topological polar surface area (TPSA) is 120 Å². The molecule has 1 unspecified atom stereocenters. The SMILES string of the molecule is Cc1oc2c(c1C(=O)NC1CN3CCC1CC3)C(=O)c1c(c(O)c3ccccc3c1O)C2=O. The fraction of sp³-hybridized carbons (Fsp3) is 0.320. The summed E-state index contributed by atoms with van der Waals surface area (Å²) in [5.74, 6) is -2.46. The summed E-state index contributed by atoms with van der Waals surface area (Å²) in [4.78, 5) is 42.5. The lowest BCUT2D eigenvalue weighted by Gasteiger charge is -2.44. The lowest BCUT2D eigenvalue weighted by Crippen LogP contribution is -2.57. The summed E-state index contributed by atoms with van der Waals surface area (Å²) in [6.07, 6.45) is 2.02. The average Bonchev–Trinajstić information content (AvgIpc) is 3.18. The number of furan rings is 1.